The predicted molar refractivity (Wildman–Crippen MR) is 83.1 cm³/mol. The molecule has 0 fully saturated rings. The summed E-state index contributed by atoms with van der Waals surface area (Å²) < 4.78 is 1.59. The number of rotatable bonds is 4. The van der Waals surface area contributed by atoms with Gasteiger partial charge >= 0.3 is 0 Å². The maximum Gasteiger partial charge on any atom is 0.143 e. The molecule has 0 spiro atoms. The van der Waals surface area contributed by atoms with E-state index in [2.05, 4.69) is 25.8 Å². The number of halogens is 1. The molecule has 1 N–H and O–H groups in total. The van der Waals surface area contributed by atoms with Crippen LogP contribution in [0.2, 0.25) is 5.02 Å². The Balaban J connectivity index is 1.82. The molecule has 8 heteroatoms. The van der Waals surface area contributed by atoms with Gasteiger partial charge in [-0.05, 0) is 42.5 Å². The Hall–Kier alpha value is -1.99. The van der Waals surface area contributed by atoms with E-state index >= 15 is 0 Å². The summed E-state index contributed by atoms with van der Waals surface area (Å²) in [5, 5.41) is 16.2. The number of hydrogen-bond acceptors (Lipinski definition) is 6. The molecular formula is C13H13ClN6S. The first-order chi connectivity index (χ1) is 10.1. The third-order valence-corrected chi connectivity index (χ3v) is 4.40. The zero-order valence-electron chi connectivity index (χ0n) is 11.5. The third kappa shape index (κ3) is 3.03. The topological polar surface area (TPSA) is 68.5 Å². The van der Waals surface area contributed by atoms with Crippen molar-refractivity contribution in [1.29, 1.82) is 0 Å². The van der Waals surface area contributed by atoms with Crippen LogP contribution in [0.4, 0.5) is 5.69 Å². The van der Waals surface area contributed by atoms with Crippen molar-refractivity contribution >= 4 is 28.6 Å². The normalized spacial score (nSPS) is 10.8. The zero-order valence-corrected chi connectivity index (χ0v) is 13.1. The molecule has 0 bridgehead atoms. The molecule has 3 rings (SSSR count). The van der Waals surface area contributed by atoms with Crippen LogP contribution in [-0.4, -0.2) is 25.2 Å². The molecule has 0 unspecified atom stereocenters. The van der Waals surface area contributed by atoms with Crippen LogP contribution in [0.5, 0.6) is 0 Å². The van der Waals surface area contributed by atoms with E-state index in [0.717, 1.165) is 22.1 Å². The highest BCUT2D eigenvalue weighted by Gasteiger charge is 2.08. The van der Waals surface area contributed by atoms with Gasteiger partial charge in [-0.3, -0.25) is 0 Å². The molecule has 0 atom stereocenters. The van der Waals surface area contributed by atoms with E-state index < -0.39 is 0 Å². The highest BCUT2D eigenvalue weighted by Crippen LogP contribution is 2.26. The van der Waals surface area contributed by atoms with Crippen molar-refractivity contribution in [3.05, 3.63) is 45.1 Å². The highest BCUT2D eigenvalue weighted by atomic mass is 35.5. The van der Waals surface area contributed by atoms with E-state index in [0.29, 0.717) is 11.6 Å². The Kier molecular flexibility index (Phi) is 3.85. The molecule has 0 radical (unpaired) electrons. The molecule has 108 valence electrons. The van der Waals surface area contributed by atoms with Crippen LogP contribution < -0.4 is 5.32 Å². The van der Waals surface area contributed by atoms with Crippen LogP contribution in [0, 0.1) is 13.8 Å². The van der Waals surface area contributed by atoms with E-state index in [1.165, 1.54) is 4.88 Å². The molecule has 21 heavy (non-hydrogen) atoms. The first kappa shape index (κ1) is 14.0. The SMILES string of the molecule is Cc1nc(C)c(CNc2cc(-n3cnnn3)ccc2Cl)s1. The van der Waals surface area contributed by atoms with Gasteiger partial charge in [-0.15, -0.1) is 16.4 Å². The number of nitrogens with one attached hydrogen (secondary N) is 1. The van der Waals surface area contributed by atoms with Crippen molar-refractivity contribution in [2.24, 2.45) is 0 Å². The maximum absolute atomic E-state index is 6.23. The highest BCUT2D eigenvalue weighted by molar-refractivity contribution is 7.11. The Labute approximate surface area is 130 Å². The molecule has 0 aliphatic heterocycles. The second kappa shape index (κ2) is 5.79. The molecule has 0 amide bonds. The summed E-state index contributed by atoms with van der Waals surface area (Å²) in [4.78, 5) is 5.62. The quantitative estimate of drug-likeness (QED) is 0.800. The second-order valence-electron chi connectivity index (χ2n) is 4.51. The van der Waals surface area contributed by atoms with Crippen LogP contribution in [0.25, 0.3) is 5.69 Å². The van der Waals surface area contributed by atoms with Crippen LogP contribution in [-0.2, 0) is 6.54 Å². The summed E-state index contributed by atoms with van der Waals surface area (Å²) in [7, 11) is 0. The number of thiazole rings is 1. The lowest BCUT2D eigenvalue weighted by atomic mass is 10.2. The first-order valence-corrected chi connectivity index (χ1v) is 7.52. The van der Waals surface area contributed by atoms with Gasteiger partial charge in [0.1, 0.15) is 6.33 Å². The van der Waals surface area contributed by atoms with Gasteiger partial charge in [-0.2, -0.15) is 0 Å². The fraction of sp³-hybridized carbons (Fsp3) is 0.231. The van der Waals surface area contributed by atoms with E-state index in [4.69, 9.17) is 11.6 Å². The summed E-state index contributed by atoms with van der Waals surface area (Å²) in [5.74, 6) is 0. The summed E-state index contributed by atoms with van der Waals surface area (Å²) in [5.41, 5.74) is 2.75. The van der Waals surface area contributed by atoms with Crippen molar-refractivity contribution in [2.45, 2.75) is 20.4 Å². The van der Waals surface area contributed by atoms with Gasteiger partial charge in [0.2, 0.25) is 0 Å². The molecule has 0 aliphatic rings. The van der Waals surface area contributed by atoms with Crippen LogP contribution in [0.15, 0.2) is 24.5 Å². The maximum atomic E-state index is 6.23. The van der Waals surface area contributed by atoms with E-state index in [1.807, 2.05) is 32.0 Å². The lowest BCUT2D eigenvalue weighted by Crippen LogP contribution is -2.02. The van der Waals surface area contributed by atoms with E-state index in [1.54, 1.807) is 22.3 Å². The van der Waals surface area contributed by atoms with Gasteiger partial charge < -0.3 is 5.32 Å². The lowest BCUT2D eigenvalue weighted by molar-refractivity contribution is 0.789. The van der Waals surface area contributed by atoms with Gasteiger partial charge in [0.25, 0.3) is 0 Å². The minimum atomic E-state index is 0.658. The van der Waals surface area contributed by atoms with Crippen molar-refractivity contribution in [3.63, 3.8) is 0 Å². The second-order valence-corrected chi connectivity index (χ2v) is 6.21. The van der Waals surface area contributed by atoms with Crippen LogP contribution in [0.3, 0.4) is 0 Å². The monoisotopic (exact) mass is 320 g/mol. The Bertz CT molecular complexity index is 752. The van der Waals surface area contributed by atoms with Crippen molar-refractivity contribution in [1.82, 2.24) is 25.2 Å². The van der Waals surface area contributed by atoms with Crippen molar-refractivity contribution in [3.8, 4) is 5.69 Å². The lowest BCUT2D eigenvalue weighted by Gasteiger charge is -2.09. The summed E-state index contributed by atoms with van der Waals surface area (Å²) in [6, 6.07) is 5.61. The molecular weight excluding hydrogens is 308 g/mol. The van der Waals surface area contributed by atoms with Crippen molar-refractivity contribution in [2.75, 3.05) is 5.32 Å². The van der Waals surface area contributed by atoms with Gasteiger partial charge in [-0.1, -0.05) is 11.6 Å². The van der Waals surface area contributed by atoms with Gasteiger partial charge in [0.05, 0.1) is 33.6 Å². The molecule has 0 aliphatic carbocycles. The number of nitrogens with zero attached hydrogens (tertiary/aromatic N) is 5. The molecule has 6 nitrogen and oxygen atoms in total. The van der Waals surface area contributed by atoms with Crippen LogP contribution in [0.1, 0.15) is 15.6 Å². The minimum Gasteiger partial charge on any atom is -0.379 e. The predicted octanol–water partition coefficient (Wildman–Crippen LogP) is 3.00. The van der Waals surface area contributed by atoms with Crippen LogP contribution >= 0.6 is 22.9 Å². The number of tetrazole rings is 1. The number of anilines is 1. The molecule has 2 heterocycles. The average molecular weight is 321 g/mol. The summed E-state index contributed by atoms with van der Waals surface area (Å²) in [6.45, 7) is 4.71. The van der Waals surface area contributed by atoms with E-state index in [9.17, 15) is 0 Å². The summed E-state index contributed by atoms with van der Waals surface area (Å²) in [6.07, 6.45) is 1.55. The molecule has 0 saturated carbocycles. The Morgan fingerprint density at radius 3 is 2.86 bits per heavy atom. The number of aromatic nitrogens is 5. The number of aryl methyl sites for hydroxylation is 2. The van der Waals surface area contributed by atoms with Gasteiger partial charge in [0.15, 0.2) is 0 Å². The molecule has 2 aromatic heterocycles. The molecule has 3 aromatic rings. The number of benzene rings is 1. The number of hydrogen-bond donors (Lipinski definition) is 1. The standard InChI is InChI=1S/C13H13ClN6S/c1-8-13(21-9(2)17-8)6-15-12-5-10(3-4-11(12)14)20-7-16-18-19-20/h3-5,7,15H,6H2,1-2H3. The fourth-order valence-electron chi connectivity index (χ4n) is 1.98. The van der Waals surface area contributed by atoms with Gasteiger partial charge in [0, 0.05) is 4.88 Å². The zero-order chi connectivity index (χ0) is 14.8. The minimum absolute atomic E-state index is 0.658. The van der Waals surface area contributed by atoms with E-state index in [-0.39, 0.29) is 0 Å². The largest absolute Gasteiger partial charge is 0.379 e. The summed E-state index contributed by atoms with van der Waals surface area (Å²) >= 11 is 7.92. The average Bonchev–Trinajstić information content (AvgIpc) is 3.08. The fourth-order valence-corrected chi connectivity index (χ4v) is 3.05. The van der Waals surface area contributed by atoms with Gasteiger partial charge in [-0.25, -0.2) is 9.67 Å². The Morgan fingerprint density at radius 1 is 1.33 bits per heavy atom. The third-order valence-electron chi connectivity index (χ3n) is 3.00. The van der Waals surface area contributed by atoms with Crippen molar-refractivity contribution < 1.29 is 0 Å². The smallest absolute Gasteiger partial charge is 0.143 e. The molecule has 1 aromatic carbocycles. The Morgan fingerprint density at radius 2 is 2.19 bits per heavy atom. The first-order valence-electron chi connectivity index (χ1n) is 6.33. The molecule has 0 saturated heterocycles.